The molecule has 0 fully saturated rings. The van der Waals surface area contributed by atoms with Crippen LogP contribution in [0, 0.1) is 4.91 Å². The average Bonchev–Trinajstić information content (AvgIpc) is 2.66. The number of fused-ring (bicyclic) bond motifs is 1. The lowest BCUT2D eigenvalue weighted by atomic mass is 10.1. The van der Waals surface area contributed by atoms with Gasteiger partial charge in [0.1, 0.15) is 5.75 Å². The second kappa shape index (κ2) is 7.02. The van der Waals surface area contributed by atoms with Crippen LogP contribution in [0.4, 0.5) is 30.2 Å². The quantitative estimate of drug-likeness (QED) is 0.451. The van der Waals surface area contributed by atoms with E-state index in [1.54, 1.807) is 24.3 Å². The minimum Gasteiger partial charge on any atom is -0.507 e. The van der Waals surface area contributed by atoms with Crippen molar-refractivity contribution >= 4 is 27.8 Å². The van der Waals surface area contributed by atoms with Gasteiger partial charge in [-0.15, -0.1) is 10.2 Å². The molecule has 0 saturated heterocycles. The van der Waals surface area contributed by atoms with Crippen molar-refractivity contribution in [3.63, 3.8) is 0 Å². The Balaban J connectivity index is 2.08. The molecule has 3 aromatic rings. The third-order valence-electron chi connectivity index (χ3n) is 3.81. The summed E-state index contributed by atoms with van der Waals surface area (Å²) in [6.07, 6.45) is -4.62. The Morgan fingerprint density at radius 2 is 1.59 bits per heavy atom. The average molecular weight is 376 g/mol. The Kier molecular flexibility index (Phi) is 4.76. The fraction of sp³-hybridized carbons (Fsp3) is 0.111. The van der Waals surface area contributed by atoms with Gasteiger partial charge >= 0.3 is 11.9 Å². The van der Waals surface area contributed by atoms with Crippen LogP contribution in [0.1, 0.15) is 5.56 Å². The second-order valence-electron chi connectivity index (χ2n) is 5.49. The SMILES string of the molecule is CO[N+](=O)c1cc(C(F)(F)F)ccc1N=Nc1ccc(O)c2ccccc12. The fourth-order valence-corrected chi connectivity index (χ4v) is 2.49. The molecule has 0 aliphatic heterocycles. The Morgan fingerprint density at radius 3 is 2.26 bits per heavy atom. The zero-order valence-electron chi connectivity index (χ0n) is 13.9. The summed E-state index contributed by atoms with van der Waals surface area (Å²) >= 11 is 0. The van der Waals surface area contributed by atoms with Gasteiger partial charge in [-0.25, -0.2) is 4.84 Å². The molecule has 0 radical (unpaired) electrons. The summed E-state index contributed by atoms with van der Waals surface area (Å²) in [7, 11) is 1.03. The first-order chi connectivity index (χ1) is 12.8. The number of phenolic OH excluding ortho intramolecular Hbond substituents is 1. The Hall–Kier alpha value is -3.49. The number of aromatic hydroxyl groups is 1. The zero-order valence-corrected chi connectivity index (χ0v) is 13.9. The zero-order chi connectivity index (χ0) is 19.6. The summed E-state index contributed by atoms with van der Waals surface area (Å²) in [4.78, 5) is 16.2. The number of phenols is 1. The second-order valence-corrected chi connectivity index (χ2v) is 5.49. The standard InChI is InChI=1S/C18H12F3N3O3/c1-27-24(26)16-10-11(18(19,20)21)6-7-15(16)23-22-14-8-9-17(25)13-5-3-2-4-12(13)14/h2-10H,1H3/p+1. The van der Waals surface area contributed by atoms with Crippen LogP contribution in [0.3, 0.4) is 0 Å². The van der Waals surface area contributed by atoms with Crippen molar-refractivity contribution in [3.8, 4) is 5.75 Å². The van der Waals surface area contributed by atoms with Gasteiger partial charge in [-0.2, -0.15) is 13.2 Å². The number of hydrogen-bond acceptors (Lipinski definition) is 5. The number of alkyl halides is 3. The number of hydrogen-bond donors (Lipinski definition) is 1. The maximum Gasteiger partial charge on any atom is 0.416 e. The summed E-state index contributed by atoms with van der Waals surface area (Å²) in [5.41, 5.74) is -1.16. The van der Waals surface area contributed by atoms with Gasteiger partial charge in [0.2, 0.25) is 0 Å². The molecule has 0 heterocycles. The first kappa shape index (κ1) is 18.3. The number of nitrogens with zero attached hydrogens (tertiary/aromatic N) is 3. The van der Waals surface area contributed by atoms with Gasteiger partial charge < -0.3 is 5.11 Å². The van der Waals surface area contributed by atoms with Crippen molar-refractivity contribution < 1.29 is 28.0 Å². The van der Waals surface area contributed by atoms with Crippen molar-refractivity contribution in [2.45, 2.75) is 6.18 Å². The molecular weight excluding hydrogens is 363 g/mol. The molecule has 0 atom stereocenters. The Labute approximate surface area is 151 Å². The van der Waals surface area contributed by atoms with Crippen LogP contribution in [0.2, 0.25) is 0 Å². The van der Waals surface area contributed by atoms with Crippen LogP contribution in [-0.4, -0.2) is 17.1 Å². The highest BCUT2D eigenvalue weighted by Gasteiger charge is 2.34. The van der Waals surface area contributed by atoms with Crippen LogP contribution in [0.15, 0.2) is 64.8 Å². The van der Waals surface area contributed by atoms with Crippen LogP contribution in [-0.2, 0) is 11.0 Å². The number of halogens is 3. The summed E-state index contributed by atoms with van der Waals surface area (Å²) in [6.45, 7) is 0. The number of rotatable bonds is 4. The van der Waals surface area contributed by atoms with Crippen molar-refractivity contribution in [3.05, 3.63) is 65.1 Å². The van der Waals surface area contributed by atoms with E-state index in [0.717, 1.165) is 19.2 Å². The smallest absolute Gasteiger partial charge is 0.416 e. The maximum absolute atomic E-state index is 12.9. The molecule has 0 saturated carbocycles. The third-order valence-corrected chi connectivity index (χ3v) is 3.81. The molecule has 0 bridgehead atoms. The molecule has 0 unspecified atom stereocenters. The first-order valence-electron chi connectivity index (χ1n) is 7.66. The molecule has 9 heteroatoms. The lowest BCUT2D eigenvalue weighted by Crippen LogP contribution is -2.06. The van der Waals surface area contributed by atoms with E-state index in [1.807, 2.05) is 0 Å². The van der Waals surface area contributed by atoms with Gasteiger partial charge in [0.25, 0.3) is 4.92 Å². The molecule has 0 spiro atoms. The lowest BCUT2D eigenvalue weighted by Gasteiger charge is -2.06. The minimum atomic E-state index is -4.62. The molecule has 0 aliphatic rings. The van der Waals surface area contributed by atoms with Gasteiger partial charge in [-0.1, -0.05) is 24.3 Å². The van der Waals surface area contributed by atoms with Crippen molar-refractivity contribution in [1.82, 2.24) is 0 Å². The summed E-state index contributed by atoms with van der Waals surface area (Å²) in [6, 6.07) is 12.3. The van der Waals surface area contributed by atoms with Crippen molar-refractivity contribution in [1.29, 1.82) is 0 Å². The van der Waals surface area contributed by atoms with E-state index in [1.165, 1.54) is 12.1 Å². The number of benzene rings is 3. The highest BCUT2D eigenvalue weighted by Crippen LogP contribution is 2.38. The predicted molar refractivity (Wildman–Crippen MR) is 91.5 cm³/mol. The Morgan fingerprint density at radius 1 is 0.963 bits per heavy atom. The van der Waals surface area contributed by atoms with E-state index in [-0.39, 0.29) is 16.4 Å². The van der Waals surface area contributed by atoms with Gasteiger partial charge in [-0.05, 0) is 24.3 Å². The van der Waals surface area contributed by atoms with E-state index in [9.17, 15) is 23.2 Å². The molecule has 3 rings (SSSR count). The van der Waals surface area contributed by atoms with Crippen LogP contribution in [0.5, 0.6) is 5.75 Å². The topological polar surface area (TPSA) is 74.3 Å². The molecule has 0 aliphatic carbocycles. The van der Waals surface area contributed by atoms with E-state index in [4.69, 9.17) is 0 Å². The van der Waals surface area contributed by atoms with Crippen molar-refractivity contribution in [2.24, 2.45) is 10.2 Å². The third kappa shape index (κ3) is 3.71. The first-order valence-corrected chi connectivity index (χ1v) is 7.66. The normalized spacial score (nSPS) is 11.9. The van der Waals surface area contributed by atoms with E-state index in [0.29, 0.717) is 22.5 Å². The highest BCUT2D eigenvalue weighted by atomic mass is 19.4. The molecule has 0 amide bonds. The highest BCUT2D eigenvalue weighted by molar-refractivity contribution is 5.96. The molecule has 138 valence electrons. The monoisotopic (exact) mass is 376 g/mol. The molecule has 27 heavy (non-hydrogen) atoms. The van der Waals surface area contributed by atoms with E-state index in [2.05, 4.69) is 15.1 Å². The van der Waals surface area contributed by atoms with Crippen LogP contribution >= 0.6 is 0 Å². The largest absolute Gasteiger partial charge is 0.507 e. The summed E-state index contributed by atoms with van der Waals surface area (Å²) in [5.74, 6) is 0.0601. The minimum absolute atomic E-state index is 0.0601. The van der Waals surface area contributed by atoms with Gasteiger partial charge in [0.15, 0.2) is 12.8 Å². The van der Waals surface area contributed by atoms with Gasteiger partial charge in [-0.3, -0.25) is 0 Å². The van der Waals surface area contributed by atoms with E-state index >= 15 is 0 Å². The summed E-state index contributed by atoms with van der Waals surface area (Å²) in [5, 5.41) is 19.0. The lowest BCUT2D eigenvalue weighted by molar-refractivity contribution is -0.736. The van der Waals surface area contributed by atoms with Gasteiger partial charge in [0.05, 0.1) is 16.2 Å². The Bertz CT molecular complexity index is 1050. The predicted octanol–water partition coefficient (Wildman–Crippen LogP) is 5.95. The fourth-order valence-electron chi connectivity index (χ4n) is 2.49. The van der Waals surface area contributed by atoms with Crippen molar-refractivity contribution in [2.75, 3.05) is 7.11 Å². The molecule has 6 nitrogen and oxygen atoms in total. The molecular formula is C18H13F3N3O3+. The van der Waals surface area contributed by atoms with Crippen LogP contribution < -0.4 is 0 Å². The van der Waals surface area contributed by atoms with E-state index < -0.39 is 17.4 Å². The molecule has 3 aromatic carbocycles. The molecule has 0 aromatic heterocycles. The van der Waals surface area contributed by atoms with Gasteiger partial charge in [0, 0.05) is 16.8 Å². The number of azo groups is 1. The molecule has 1 N–H and O–H groups in total. The summed E-state index contributed by atoms with van der Waals surface area (Å²) < 4.78 is 38.7. The van der Waals surface area contributed by atoms with Crippen LogP contribution in [0.25, 0.3) is 10.8 Å². The maximum atomic E-state index is 12.9.